The Morgan fingerprint density at radius 1 is 1.48 bits per heavy atom. The molecular weight excluding hydrogens is 310 g/mol. The average molecular weight is 327 g/mol. The molecule has 2 aromatic heterocycles. The van der Waals surface area contributed by atoms with Crippen molar-refractivity contribution in [1.82, 2.24) is 10.3 Å². The van der Waals surface area contributed by atoms with Gasteiger partial charge in [-0.3, -0.25) is 4.79 Å². The zero-order valence-electron chi connectivity index (χ0n) is 12.0. The molecular formula is C13H17N3O3S2. The number of hydrogen-bond acceptors (Lipinski definition) is 6. The maximum Gasteiger partial charge on any atom is 0.263 e. The minimum Gasteiger partial charge on any atom is -0.397 e. The van der Waals surface area contributed by atoms with Gasteiger partial charge in [0.1, 0.15) is 9.71 Å². The van der Waals surface area contributed by atoms with Gasteiger partial charge in [0.05, 0.1) is 10.4 Å². The van der Waals surface area contributed by atoms with Crippen LogP contribution in [0.4, 0.5) is 5.69 Å². The number of nitrogen functional groups attached to an aromatic ring is 1. The Kier molecular flexibility index (Phi) is 3.94. The number of fused-ring (bicyclic) bond motifs is 1. The normalized spacial score (nSPS) is 12.5. The molecule has 2 aromatic rings. The van der Waals surface area contributed by atoms with E-state index < -0.39 is 14.6 Å². The van der Waals surface area contributed by atoms with Crippen LogP contribution in [-0.4, -0.2) is 36.9 Å². The summed E-state index contributed by atoms with van der Waals surface area (Å²) < 4.78 is 22.2. The molecule has 2 heterocycles. The average Bonchev–Trinajstić information content (AvgIpc) is 2.73. The van der Waals surface area contributed by atoms with Crippen molar-refractivity contribution in [2.45, 2.75) is 18.6 Å². The molecule has 114 valence electrons. The monoisotopic (exact) mass is 327 g/mol. The van der Waals surface area contributed by atoms with Crippen molar-refractivity contribution in [2.75, 3.05) is 18.5 Å². The third kappa shape index (κ3) is 3.01. The number of sulfone groups is 1. The fraction of sp³-hybridized carbons (Fsp3) is 0.385. The van der Waals surface area contributed by atoms with E-state index >= 15 is 0 Å². The summed E-state index contributed by atoms with van der Waals surface area (Å²) in [5.74, 6) is -0.382. The van der Waals surface area contributed by atoms with Crippen molar-refractivity contribution >= 4 is 43.0 Å². The fourth-order valence-corrected chi connectivity index (χ4v) is 2.94. The highest BCUT2D eigenvalue weighted by molar-refractivity contribution is 7.92. The molecule has 2 rings (SSSR count). The molecule has 21 heavy (non-hydrogen) atoms. The van der Waals surface area contributed by atoms with Gasteiger partial charge >= 0.3 is 0 Å². The van der Waals surface area contributed by atoms with Gasteiger partial charge in [0, 0.05) is 24.4 Å². The van der Waals surface area contributed by atoms with Crippen LogP contribution >= 0.6 is 11.3 Å². The highest BCUT2D eigenvalue weighted by Crippen LogP contribution is 2.31. The summed E-state index contributed by atoms with van der Waals surface area (Å²) in [6.07, 6.45) is 2.78. The summed E-state index contributed by atoms with van der Waals surface area (Å²) in [6.45, 7) is 3.16. The molecule has 0 aliphatic carbocycles. The number of rotatable bonds is 4. The lowest BCUT2D eigenvalue weighted by atomic mass is 10.2. The Morgan fingerprint density at radius 2 is 2.14 bits per heavy atom. The highest BCUT2D eigenvalue weighted by atomic mass is 32.2. The second-order valence-electron chi connectivity index (χ2n) is 5.42. The van der Waals surface area contributed by atoms with E-state index in [1.165, 1.54) is 11.3 Å². The first kappa shape index (κ1) is 15.7. The number of nitrogens with one attached hydrogen (secondary N) is 1. The molecule has 0 aliphatic heterocycles. The van der Waals surface area contributed by atoms with Crippen LogP contribution in [0.3, 0.4) is 0 Å². The second kappa shape index (κ2) is 5.27. The highest BCUT2D eigenvalue weighted by Gasteiger charge is 2.31. The number of anilines is 1. The van der Waals surface area contributed by atoms with E-state index in [0.29, 0.717) is 15.4 Å². The van der Waals surface area contributed by atoms with Gasteiger partial charge in [-0.25, -0.2) is 13.4 Å². The zero-order valence-corrected chi connectivity index (χ0v) is 13.6. The molecule has 0 spiro atoms. The minimum absolute atomic E-state index is 0.0196. The maximum absolute atomic E-state index is 12.2. The van der Waals surface area contributed by atoms with Gasteiger partial charge in [-0.15, -0.1) is 11.3 Å². The van der Waals surface area contributed by atoms with Crippen molar-refractivity contribution in [1.29, 1.82) is 0 Å². The summed E-state index contributed by atoms with van der Waals surface area (Å²) in [6, 6.07) is 3.55. The topological polar surface area (TPSA) is 102 Å². The largest absolute Gasteiger partial charge is 0.397 e. The zero-order chi connectivity index (χ0) is 15.8. The summed E-state index contributed by atoms with van der Waals surface area (Å²) in [5, 5.41) is 3.36. The number of nitrogens with zero attached hydrogens (tertiary/aromatic N) is 1. The number of hydrogen-bond donors (Lipinski definition) is 2. The number of carbonyl (C=O) groups is 1. The van der Waals surface area contributed by atoms with Crippen molar-refractivity contribution in [2.24, 2.45) is 0 Å². The first-order valence-corrected chi connectivity index (χ1v) is 8.95. The summed E-state index contributed by atoms with van der Waals surface area (Å²) in [4.78, 5) is 17.4. The van der Waals surface area contributed by atoms with Crippen LogP contribution in [0.5, 0.6) is 0 Å². The molecule has 0 bridgehead atoms. The Hall–Kier alpha value is -1.67. The molecule has 6 nitrogen and oxygen atoms in total. The Morgan fingerprint density at radius 3 is 2.71 bits per heavy atom. The summed E-state index contributed by atoms with van der Waals surface area (Å²) >= 11 is 1.19. The molecule has 8 heteroatoms. The van der Waals surface area contributed by atoms with E-state index in [9.17, 15) is 13.2 Å². The number of carbonyl (C=O) groups excluding carboxylic acids is 1. The van der Waals surface area contributed by atoms with Crippen LogP contribution in [-0.2, 0) is 9.84 Å². The number of amides is 1. The quantitative estimate of drug-likeness (QED) is 0.884. The third-order valence-electron chi connectivity index (χ3n) is 3.39. The van der Waals surface area contributed by atoms with Gasteiger partial charge in [0.25, 0.3) is 5.91 Å². The van der Waals surface area contributed by atoms with E-state index in [1.807, 2.05) is 0 Å². The summed E-state index contributed by atoms with van der Waals surface area (Å²) in [7, 11) is -3.27. The van der Waals surface area contributed by atoms with Gasteiger partial charge in [0.15, 0.2) is 9.84 Å². The standard InChI is InChI=1S/C13H17N3O3S2/c1-13(2,21(3,18)19)7-16-11(17)10-9(14)8-5-4-6-15-12(8)20-10/h4-6H,7,14H2,1-3H3,(H,16,17). The van der Waals surface area contributed by atoms with Gasteiger partial charge in [-0.1, -0.05) is 0 Å². The van der Waals surface area contributed by atoms with E-state index in [1.54, 1.807) is 32.2 Å². The van der Waals surface area contributed by atoms with Gasteiger partial charge in [-0.2, -0.15) is 0 Å². The molecule has 1 amide bonds. The molecule has 0 radical (unpaired) electrons. The molecule has 0 saturated carbocycles. The Bertz CT molecular complexity index is 794. The third-order valence-corrected chi connectivity index (χ3v) is 6.67. The Labute approximate surface area is 127 Å². The van der Waals surface area contributed by atoms with Crippen molar-refractivity contribution in [3.63, 3.8) is 0 Å². The molecule has 0 atom stereocenters. The van der Waals surface area contributed by atoms with Crippen molar-refractivity contribution in [3.05, 3.63) is 23.2 Å². The smallest absolute Gasteiger partial charge is 0.263 e. The SMILES string of the molecule is CC(C)(CNC(=O)c1sc2ncccc2c1N)S(C)(=O)=O. The van der Waals surface area contributed by atoms with Crippen LogP contribution in [0.15, 0.2) is 18.3 Å². The predicted octanol–water partition coefficient (Wildman–Crippen LogP) is 1.43. The van der Waals surface area contributed by atoms with Gasteiger partial charge in [0.2, 0.25) is 0 Å². The second-order valence-corrected chi connectivity index (χ2v) is 9.06. The molecule has 0 fully saturated rings. The first-order valence-electron chi connectivity index (χ1n) is 6.24. The van der Waals surface area contributed by atoms with E-state index in [-0.39, 0.29) is 12.5 Å². The molecule has 0 saturated heterocycles. The number of aromatic nitrogens is 1. The van der Waals surface area contributed by atoms with Crippen LogP contribution < -0.4 is 11.1 Å². The van der Waals surface area contributed by atoms with Crippen molar-refractivity contribution in [3.8, 4) is 0 Å². The maximum atomic E-state index is 12.2. The van der Waals surface area contributed by atoms with E-state index in [0.717, 1.165) is 11.6 Å². The number of nitrogens with two attached hydrogens (primary N) is 1. The van der Waals surface area contributed by atoms with Crippen molar-refractivity contribution < 1.29 is 13.2 Å². The lowest BCUT2D eigenvalue weighted by Gasteiger charge is -2.22. The van der Waals surface area contributed by atoms with E-state index in [4.69, 9.17) is 5.73 Å². The van der Waals surface area contributed by atoms with Crippen LogP contribution in [0, 0.1) is 0 Å². The van der Waals surface area contributed by atoms with Crippen LogP contribution in [0.1, 0.15) is 23.5 Å². The van der Waals surface area contributed by atoms with E-state index in [2.05, 4.69) is 10.3 Å². The lowest BCUT2D eigenvalue weighted by molar-refractivity contribution is 0.0955. The lowest BCUT2D eigenvalue weighted by Crippen LogP contribution is -2.43. The van der Waals surface area contributed by atoms with Gasteiger partial charge in [-0.05, 0) is 26.0 Å². The fourth-order valence-electron chi connectivity index (χ4n) is 1.62. The van der Waals surface area contributed by atoms with Crippen LogP contribution in [0.2, 0.25) is 0 Å². The molecule has 0 unspecified atom stereocenters. The Balaban J connectivity index is 2.22. The minimum atomic E-state index is -3.27. The predicted molar refractivity (Wildman–Crippen MR) is 85.3 cm³/mol. The molecule has 3 N–H and O–H groups in total. The van der Waals surface area contributed by atoms with Gasteiger partial charge < -0.3 is 11.1 Å². The number of thiophene rings is 1. The molecule has 0 aromatic carbocycles. The van der Waals surface area contributed by atoms with Crippen LogP contribution in [0.25, 0.3) is 10.2 Å². The summed E-state index contributed by atoms with van der Waals surface area (Å²) in [5.41, 5.74) is 6.33. The number of pyridine rings is 1. The first-order chi connectivity index (χ1) is 9.63. The molecule has 0 aliphatic rings.